The maximum absolute atomic E-state index is 6.07. The number of piperidine rings is 1. The van der Waals surface area contributed by atoms with Crippen molar-refractivity contribution in [3.8, 4) is 11.5 Å². The van der Waals surface area contributed by atoms with Crippen LogP contribution in [-0.2, 0) is 0 Å². The lowest BCUT2D eigenvalue weighted by molar-refractivity contribution is 0.0641. The van der Waals surface area contributed by atoms with Gasteiger partial charge in [0, 0.05) is 11.5 Å². The van der Waals surface area contributed by atoms with Crippen molar-refractivity contribution in [1.82, 2.24) is 4.90 Å². The van der Waals surface area contributed by atoms with Gasteiger partial charge in [-0.1, -0.05) is 6.92 Å². The molecule has 0 aliphatic carbocycles. The normalized spacial score (nSPS) is 25.6. The number of fused-ring (bicyclic) bond motifs is 3. The zero-order valence-electron chi connectivity index (χ0n) is 12.2. The Morgan fingerprint density at radius 2 is 2.30 bits per heavy atom. The molecular weight excluding hydrogens is 318 g/mol. The molecule has 20 heavy (non-hydrogen) atoms. The first-order valence-corrected chi connectivity index (χ1v) is 8.28. The Labute approximate surface area is 129 Å². The van der Waals surface area contributed by atoms with Crippen LogP contribution < -0.4 is 9.47 Å². The summed E-state index contributed by atoms with van der Waals surface area (Å²) in [4.78, 5) is 2.59. The van der Waals surface area contributed by atoms with Gasteiger partial charge in [0.25, 0.3) is 0 Å². The number of hydrogen-bond acceptors (Lipinski definition) is 3. The molecule has 0 saturated carbocycles. The molecule has 2 aliphatic heterocycles. The lowest BCUT2D eigenvalue weighted by atomic mass is 9.81. The standard InChI is InChI=1S/C16H22BrNO2/c1-3-8-18-9-4-5-11-13(18)10-20-16-12(17)6-7-14(19-2)15(11)16/h6-7,11,13H,3-5,8-10H2,1-2H3/t11-,13+/m1/s1. The molecule has 110 valence electrons. The van der Waals surface area contributed by atoms with E-state index in [2.05, 4.69) is 27.8 Å². The Morgan fingerprint density at radius 1 is 1.45 bits per heavy atom. The summed E-state index contributed by atoms with van der Waals surface area (Å²) in [6.45, 7) is 5.40. The van der Waals surface area contributed by atoms with Gasteiger partial charge in [0.1, 0.15) is 18.1 Å². The average Bonchev–Trinajstić information content (AvgIpc) is 2.48. The van der Waals surface area contributed by atoms with E-state index in [0.29, 0.717) is 12.0 Å². The number of likely N-dealkylation sites (tertiary alicyclic amines) is 1. The molecular formula is C16H22BrNO2. The molecule has 0 aromatic heterocycles. The first-order chi connectivity index (χ1) is 9.76. The maximum atomic E-state index is 6.07. The van der Waals surface area contributed by atoms with Crippen molar-refractivity contribution in [1.29, 1.82) is 0 Å². The van der Waals surface area contributed by atoms with E-state index in [1.165, 1.54) is 31.4 Å². The van der Waals surface area contributed by atoms with Crippen molar-refractivity contribution in [2.75, 3.05) is 26.8 Å². The largest absolute Gasteiger partial charge is 0.496 e. The van der Waals surface area contributed by atoms with Crippen molar-refractivity contribution in [2.45, 2.75) is 38.1 Å². The number of ether oxygens (including phenoxy) is 2. The van der Waals surface area contributed by atoms with Crippen LogP contribution in [0.25, 0.3) is 0 Å². The third-order valence-corrected chi connectivity index (χ3v) is 5.13. The molecule has 1 saturated heterocycles. The molecule has 0 unspecified atom stereocenters. The van der Waals surface area contributed by atoms with Gasteiger partial charge < -0.3 is 9.47 Å². The first-order valence-electron chi connectivity index (χ1n) is 7.49. The Hall–Kier alpha value is -0.740. The summed E-state index contributed by atoms with van der Waals surface area (Å²) in [5.74, 6) is 2.49. The molecule has 3 rings (SSSR count). The van der Waals surface area contributed by atoms with Gasteiger partial charge >= 0.3 is 0 Å². The van der Waals surface area contributed by atoms with Gasteiger partial charge in [-0.05, 0) is 60.4 Å². The van der Waals surface area contributed by atoms with E-state index in [1.807, 2.05) is 12.1 Å². The fraction of sp³-hybridized carbons (Fsp3) is 0.625. The van der Waals surface area contributed by atoms with Crippen molar-refractivity contribution in [2.24, 2.45) is 0 Å². The van der Waals surface area contributed by atoms with E-state index in [1.54, 1.807) is 7.11 Å². The first kappa shape index (κ1) is 14.2. The van der Waals surface area contributed by atoms with E-state index < -0.39 is 0 Å². The molecule has 0 spiro atoms. The van der Waals surface area contributed by atoms with Gasteiger partial charge in [-0.3, -0.25) is 4.90 Å². The number of rotatable bonds is 3. The third kappa shape index (κ3) is 2.33. The molecule has 1 fully saturated rings. The monoisotopic (exact) mass is 339 g/mol. The minimum atomic E-state index is 0.499. The van der Waals surface area contributed by atoms with E-state index in [0.717, 1.165) is 29.1 Å². The highest BCUT2D eigenvalue weighted by molar-refractivity contribution is 9.10. The fourth-order valence-corrected chi connectivity index (χ4v) is 4.11. The number of benzene rings is 1. The van der Waals surface area contributed by atoms with Gasteiger partial charge in [-0.2, -0.15) is 0 Å². The summed E-state index contributed by atoms with van der Waals surface area (Å²) in [7, 11) is 1.75. The summed E-state index contributed by atoms with van der Waals surface area (Å²) in [5, 5.41) is 0. The second-order valence-electron chi connectivity index (χ2n) is 5.66. The van der Waals surface area contributed by atoms with Crippen LogP contribution in [0.3, 0.4) is 0 Å². The Bertz CT molecular complexity index is 490. The smallest absolute Gasteiger partial charge is 0.140 e. The van der Waals surface area contributed by atoms with Gasteiger partial charge in [0.2, 0.25) is 0 Å². The molecule has 2 aliphatic rings. The number of hydrogen-bond donors (Lipinski definition) is 0. The van der Waals surface area contributed by atoms with Crippen molar-refractivity contribution < 1.29 is 9.47 Å². The number of methoxy groups -OCH3 is 1. The predicted molar refractivity (Wildman–Crippen MR) is 83.8 cm³/mol. The van der Waals surface area contributed by atoms with E-state index in [9.17, 15) is 0 Å². The van der Waals surface area contributed by atoms with Crippen molar-refractivity contribution in [3.05, 3.63) is 22.2 Å². The molecule has 0 radical (unpaired) electrons. The van der Waals surface area contributed by atoms with Crippen LogP contribution in [0.5, 0.6) is 11.5 Å². The van der Waals surface area contributed by atoms with Gasteiger partial charge in [-0.15, -0.1) is 0 Å². The van der Waals surface area contributed by atoms with E-state index in [4.69, 9.17) is 9.47 Å². The van der Waals surface area contributed by atoms with Gasteiger partial charge in [0.15, 0.2) is 0 Å². The van der Waals surface area contributed by atoms with Crippen LogP contribution in [0, 0.1) is 0 Å². The molecule has 2 heterocycles. The van der Waals surface area contributed by atoms with Crippen LogP contribution in [-0.4, -0.2) is 37.7 Å². The lowest BCUT2D eigenvalue weighted by Crippen LogP contribution is -2.49. The quantitative estimate of drug-likeness (QED) is 0.835. The molecule has 0 bridgehead atoms. The molecule has 2 atom stereocenters. The molecule has 1 aromatic carbocycles. The van der Waals surface area contributed by atoms with Gasteiger partial charge in [0.05, 0.1) is 17.6 Å². The zero-order chi connectivity index (χ0) is 14.1. The summed E-state index contributed by atoms with van der Waals surface area (Å²) < 4.78 is 12.7. The van der Waals surface area contributed by atoms with Crippen LogP contribution in [0.4, 0.5) is 0 Å². The Kier molecular flexibility index (Phi) is 4.22. The second-order valence-corrected chi connectivity index (χ2v) is 6.51. The van der Waals surface area contributed by atoms with Crippen molar-refractivity contribution >= 4 is 15.9 Å². The minimum absolute atomic E-state index is 0.499. The summed E-state index contributed by atoms with van der Waals surface area (Å²) >= 11 is 3.61. The highest BCUT2D eigenvalue weighted by Gasteiger charge is 2.39. The number of halogens is 1. The van der Waals surface area contributed by atoms with E-state index >= 15 is 0 Å². The molecule has 0 amide bonds. The highest BCUT2D eigenvalue weighted by atomic mass is 79.9. The molecule has 3 nitrogen and oxygen atoms in total. The predicted octanol–water partition coefficient (Wildman–Crippen LogP) is 3.81. The summed E-state index contributed by atoms with van der Waals surface area (Å²) in [5.41, 5.74) is 1.26. The van der Waals surface area contributed by atoms with Crippen LogP contribution in [0.15, 0.2) is 16.6 Å². The topological polar surface area (TPSA) is 21.7 Å². The van der Waals surface area contributed by atoms with E-state index in [-0.39, 0.29) is 0 Å². The Balaban J connectivity index is 2.00. The Morgan fingerprint density at radius 3 is 3.05 bits per heavy atom. The number of nitrogens with zero attached hydrogens (tertiary/aromatic N) is 1. The second kappa shape index (κ2) is 5.94. The molecule has 0 N–H and O–H groups in total. The third-order valence-electron chi connectivity index (χ3n) is 4.50. The SMILES string of the molecule is CCCN1CCC[C@H]2c3c(OC)ccc(Br)c3OC[C@@H]21. The van der Waals surface area contributed by atoms with Crippen LogP contribution in [0.2, 0.25) is 0 Å². The summed E-state index contributed by atoms with van der Waals surface area (Å²) in [6, 6.07) is 4.57. The molecule has 4 heteroatoms. The molecule has 1 aromatic rings. The fourth-order valence-electron chi connectivity index (χ4n) is 3.65. The zero-order valence-corrected chi connectivity index (χ0v) is 13.8. The van der Waals surface area contributed by atoms with Crippen LogP contribution >= 0.6 is 15.9 Å². The van der Waals surface area contributed by atoms with Gasteiger partial charge in [-0.25, -0.2) is 0 Å². The lowest BCUT2D eigenvalue weighted by Gasteiger charge is -2.45. The van der Waals surface area contributed by atoms with Crippen LogP contribution in [0.1, 0.15) is 37.7 Å². The maximum Gasteiger partial charge on any atom is 0.140 e. The van der Waals surface area contributed by atoms with Crippen molar-refractivity contribution in [3.63, 3.8) is 0 Å². The highest BCUT2D eigenvalue weighted by Crippen LogP contribution is 2.48. The average molecular weight is 340 g/mol. The summed E-state index contributed by atoms with van der Waals surface area (Å²) in [6.07, 6.45) is 3.69. The minimum Gasteiger partial charge on any atom is -0.496 e.